The van der Waals surface area contributed by atoms with E-state index < -0.39 is 0 Å². The summed E-state index contributed by atoms with van der Waals surface area (Å²) in [6, 6.07) is 5.08. The number of rotatable bonds is 7. The monoisotopic (exact) mass is 312 g/mol. The molecule has 0 aliphatic rings. The highest BCUT2D eigenvalue weighted by molar-refractivity contribution is 6.30. The fourth-order valence-corrected chi connectivity index (χ4v) is 2.59. The molecular weight excluding hydrogens is 288 g/mol. The van der Waals surface area contributed by atoms with E-state index in [2.05, 4.69) is 33.0 Å². The molecule has 0 bridgehead atoms. The molecule has 1 N–H and O–H groups in total. The quantitative estimate of drug-likeness (QED) is 0.591. The molecule has 0 spiro atoms. The highest BCUT2D eigenvalue weighted by Crippen LogP contribution is 2.28. The minimum absolute atomic E-state index is 0.114. The average molecular weight is 313 g/mol. The van der Waals surface area contributed by atoms with Crippen molar-refractivity contribution in [1.82, 2.24) is 5.32 Å². The Labute approximate surface area is 132 Å². The van der Waals surface area contributed by atoms with Gasteiger partial charge in [-0.25, -0.2) is 0 Å². The zero-order chi connectivity index (χ0) is 16.0. The van der Waals surface area contributed by atoms with Gasteiger partial charge in [-0.2, -0.15) is 0 Å². The molecule has 0 heterocycles. The highest BCUT2D eigenvalue weighted by atomic mass is 35.5. The van der Waals surface area contributed by atoms with Crippen molar-refractivity contribution in [3.8, 4) is 0 Å². The van der Waals surface area contributed by atoms with Crippen LogP contribution in [0.25, 0.3) is 0 Å². The maximum atomic E-state index is 11.1. The van der Waals surface area contributed by atoms with Gasteiger partial charge < -0.3 is 5.32 Å². The van der Waals surface area contributed by atoms with Crippen molar-refractivity contribution in [2.45, 2.75) is 53.0 Å². The largest absolute Gasteiger partial charge is 0.313 e. The van der Waals surface area contributed by atoms with Crippen LogP contribution >= 0.6 is 11.6 Å². The maximum Gasteiger partial charge on any atom is 0.272 e. The van der Waals surface area contributed by atoms with Gasteiger partial charge in [0.2, 0.25) is 0 Å². The molecule has 1 atom stereocenters. The van der Waals surface area contributed by atoms with Crippen molar-refractivity contribution in [1.29, 1.82) is 0 Å². The van der Waals surface area contributed by atoms with Gasteiger partial charge in [-0.1, -0.05) is 39.3 Å². The Hall–Kier alpha value is -1.13. The van der Waals surface area contributed by atoms with Gasteiger partial charge in [0, 0.05) is 22.7 Å². The molecular formula is C16H25ClN2O2. The molecule has 1 unspecified atom stereocenters. The number of nitro groups is 1. The van der Waals surface area contributed by atoms with E-state index in [1.807, 2.05) is 0 Å². The van der Waals surface area contributed by atoms with Crippen LogP contribution in [0.2, 0.25) is 5.02 Å². The minimum Gasteiger partial charge on any atom is -0.313 e. The van der Waals surface area contributed by atoms with E-state index in [9.17, 15) is 10.1 Å². The summed E-state index contributed by atoms with van der Waals surface area (Å²) in [7, 11) is 0. The van der Waals surface area contributed by atoms with Gasteiger partial charge in [-0.3, -0.25) is 10.1 Å². The molecule has 0 saturated carbocycles. The molecule has 0 amide bonds. The molecule has 118 valence electrons. The first-order chi connectivity index (χ1) is 9.75. The molecule has 0 saturated heterocycles. The molecule has 21 heavy (non-hydrogen) atoms. The Morgan fingerprint density at radius 1 is 1.38 bits per heavy atom. The van der Waals surface area contributed by atoms with E-state index in [1.165, 1.54) is 6.07 Å². The second kappa shape index (κ2) is 7.76. The Balaban J connectivity index is 2.84. The first kappa shape index (κ1) is 17.9. The van der Waals surface area contributed by atoms with Gasteiger partial charge in [0.15, 0.2) is 0 Å². The van der Waals surface area contributed by atoms with E-state index in [0.29, 0.717) is 23.0 Å². The Morgan fingerprint density at radius 3 is 2.57 bits per heavy atom. The molecule has 0 aromatic heterocycles. The van der Waals surface area contributed by atoms with Crippen molar-refractivity contribution in [2.24, 2.45) is 5.41 Å². The minimum atomic E-state index is -0.336. The Bertz CT molecular complexity index is 484. The van der Waals surface area contributed by atoms with Gasteiger partial charge in [0.1, 0.15) is 0 Å². The average Bonchev–Trinajstić information content (AvgIpc) is 2.36. The molecule has 0 radical (unpaired) electrons. The fraction of sp³-hybridized carbons (Fsp3) is 0.625. The first-order valence-corrected chi connectivity index (χ1v) is 7.79. The number of nitrogens with zero attached hydrogens (tertiary/aromatic N) is 1. The van der Waals surface area contributed by atoms with E-state index >= 15 is 0 Å². The lowest BCUT2D eigenvalue weighted by Gasteiger charge is -2.32. The fourth-order valence-electron chi connectivity index (χ4n) is 2.39. The van der Waals surface area contributed by atoms with Crippen molar-refractivity contribution in [3.05, 3.63) is 38.9 Å². The molecule has 1 rings (SSSR count). The van der Waals surface area contributed by atoms with Crippen molar-refractivity contribution in [3.63, 3.8) is 0 Å². The third kappa shape index (κ3) is 5.64. The third-order valence-corrected chi connectivity index (χ3v) is 3.86. The number of hydrogen-bond donors (Lipinski definition) is 1. The first-order valence-electron chi connectivity index (χ1n) is 7.42. The normalized spacial score (nSPS) is 13.2. The van der Waals surface area contributed by atoms with Gasteiger partial charge in [-0.05, 0) is 43.4 Å². The summed E-state index contributed by atoms with van der Waals surface area (Å²) in [5.41, 5.74) is 0.977. The summed E-state index contributed by atoms with van der Waals surface area (Å²) >= 11 is 5.97. The second-order valence-corrected chi connectivity index (χ2v) is 6.88. The van der Waals surface area contributed by atoms with Crippen molar-refractivity contribution >= 4 is 17.3 Å². The lowest BCUT2D eigenvalue weighted by Crippen LogP contribution is -2.41. The van der Waals surface area contributed by atoms with Gasteiger partial charge >= 0.3 is 0 Å². The number of benzene rings is 1. The second-order valence-electron chi connectivity index (χ2n) is 6.44. The number of nitro benzene ring substituents is 1. The van der Waals surface area contributed by atoms with Crippen LogP contribution in [0.1, 0.15) is 46.1 Å². The maximum absolute atomic E-state index is 11.1. The third-order valence-electron chi connectivity index (χ3n) is 3.63. The van der Waals surface area contributed by atoms with E-state index in [-0.39, 0.29) is 16.0 Å². The molecule has 5 heteroatoms. The van der Waals surface area contributed by atoms with Crippen LogP contribution < -0.4 is 5.32 Å². The predicted octanol–water partition coefficient (Wildman–Crippen LogP) is 4.60. The highest BCUT2D eigenvalue weighted by Gasteiger charge is 2.25. The van der Waals surface area contributed by atoms with Crippen LogP contribution in [0, 0.1) is 15.5 Å². The lowest BCUT2D eigenvalue weighted by molar-refractivity contribution is -0.385. The van der Waals surface area contributed by atoms with Crippen molar-refractivity contribution in [2.75, 3.05) is 6.54 Å². The number of aryl methyl sites for hydroxylation is 1. The molecule has 0 aliphatic heterocycles. The van der Waals surface area contributed by atoms with Crippen molar-refractivity contribution < 1.29 is 4.92 Å². The van der Waals surface area contributed by atoms with Crippen LogP contribution in [0.15, 0.2) is 18.2 Å². The lowest BCUT2D eigenvalue weighted by atomic mass is 9.83. The zero-order valence-corrected chi connectivity index (χ0v) is 14.0. The van der Waals surface area contributed by atoms with Crippen LogP contribution in [0.4, 0.5) is 5.69 Å². The summed E-state index contributed by atoms with van der Waals surface area (Å²) in [6.07, 6.45) is 2.57. The van der Waals surface area contributed by atoms with Crippen LogP contribution in [-0.2, 0) is 6.42 Å². The molecule has 1 aromatic carbocycles. The van der Waals surface area contributed by atoms with E-state index in [4.69, 9.17) is 11.6 Å². The van der Waals surface area contributed by atoms with E-state index in [0.717, 1.165) is 19.4 Å². The summed E-state index contributed by atoms with van der Waals surface area (Å²) in [5, 5.41) is 15.2. The predicted molar refractivity (Wildman–Crippen MR) is 88.0 cm³/mol. The Kier molecular flexibility index (Phi) is 6.62. The standard InChI is InChI=1S/C16H25ClN2O2/c1-5-10-18-15(16(2,3)4)9-6-12-11-13(17)7-8-14(12)19(20)21/h7-8,11,15,18H,5-6,9-10H2,1-4H3. The number of halogens is 1. The summed E-state index contributed by atoms with van der Waals surface area (Å²) in [5.74, 6) is 0. The Morgan fingerprint density at radius 2 is 2.05 bits per heavy atom. The van der Waals surface area contributed by atoms with Gasteiger partial charge in [0.25, 0.3) is 5.69 Å². The molecule has 4 nitrogen and oxygen atoms in total. The van der Waals surface area contributed by atoms with Crippen LogP contribution in [-0.4, -0.2) is 17.5 Å². The number of hydrogen-bond acceptors (Lipinski definition) is 3. The van der Waals surface area contributed by atoms with Crippen LogP contribution in [0.5, 0.6) is 0 Å². The molecule has 0 fully saturated rings. The molecule has 1 aromatic rings. The van der Waals surface area contributed by atoms with Gasteiger partial charge in [0.05, 0.1) is 4.92 Å². The van der Waals surface area contributed by atoms with Crippen LogP contribution in [0.3, 0.4) is 0 Å². The topological polar surface area (TPSA) is 55.2 Å². The summed E-state index contributed by atoms with van der Waals surface area (Å²) in [4.78, 5) is 10.8. The van der Waals surface area contributed by atoms with E-state index in [1.54, 1.807) is 12.1 Å². The van der Waals surface area contributed by atoms with Gasteiger partial charge in [-0.15, -0.1) is 0 Å². The molecule has 0 aliphatic carbocycles. The SMILES string of the molecule is CCCNC(CCc1cc(Cl)ccc1[N+](=O)[O-])C(C)(C)C. The smallest absolute Gasteiger partial charge is 0.272 e. The number of nitrogens with one attached hydrogen (secondary N) is 1. The summed E-state index contributed by atoms with van der Waals surface area (Å²) in [6.45, 7) is 9.65. The summed E-state index contributed by atoms with van der Waals surface area (Å²) < 4.78 is 0. The zero-order valence-electron chi connectivity index (χ0n) is 13.3.